The third-order valence-corrected chi connectivity index (χ3v) is 5.90. The maximum absolute atomic E-state index is 12.0. The molecule has 0 radical (unpaired) electrons. The maximum Gasteiger partial charge on any atom is 0.183 e. The molecule has 96 valence electrons. The zero-order valence-electron chi connectivity index (χ0n) is 9.63. The van der Waals surface area contributed by atoms with Crippen LogP contribution in [0.3, 0.4) is 0 Å². The first kappa shape index (κ1) is 13.1. The first-order valence-electron chi connectivity index (χ1n) is 5.49. The number of rotatable bonds is 4. The normalized spacial score (nSPS) is 11.0. The standard InChI is InChI=1S/C13H8ClNOS3/c14-12-6-5-11(18-12)9(16)7-17-13-15-8-3-1-2-4-10(8)19-13/h1-6H,7H2. The summed E-state index contributed by atoms with van der Waals surface area (Å²) in [6.45, 7) is 0. The van der Waals surface area contributed by atoms with Crippen LogP contribution >= 0.6 is 46.0 Å². The molecule has 0 unspecified atom stereocenters. The number of carbonyl (C=O) groups excluding carboxylic acids is 1. The lowest BCUT2D eigenvalue weighted by atomic mass is 10.3. The summed E-state index contributed by atoms with van der Waals surface area (Å²) >= 11 is 10.2. The molecule has 0 aliphatic rings. The highest BCUT2D eigenvalue weighted by molar-refractivity contribution is 8.01. The second-order valence-corrected chi connectivity index (χ2v) is 7.73. The Morgan fingerprint density at radius 1 is 1.21 bits per heavy atom. The van der Waals surface area contributed by atoms with Crippen molar-refractivity contribution in [2.24, 2.45) is 0 Å². The van der Waals surface area contributed by atoms with Crippen molar-refractivity contribution in [3.8, 4) is 0 Å². The average Bonchev–Trinajstić information content (AvgIpc) is 3.01. The predicted octanol–water partition coefficient (Wildman–Crippen LogP) is 4.99. The Hall–Kier alpha value is -0.880. The molecule has 2 nitrogen and oxygen atoms in total. The van der Waals surface area contributed by atoms with Crippen LogP contribution in [0.2, 0.25) is 4.34 Å². The van der Waals surface area contributed by atoms with Crippen molar-refractivity contribution in [2.75, 3.05) is 5.75 Å². The second kappa shape index (κ2) is 5.63. The number of hydrogen-bond acceptors (Lipinski definition) is 5. The van der Waals surface area contributed by atoms with Gasteiger partial charge in [-0.25, -0.2) is 4.98 Å². The zero-order valence-corrected chi connectivity index (χ0v) is 12.8. The number of aromatic nitrogens is 1. The van der Waals surface area contributed by atoms with E-state index in [4.69, 9.17) is 11.6 Å². The van der Waals surface area contributed by atoms with Gasteiger partial charge in [0.1, 0.15) is 0 Å². The summed E-state index contributed by atoms with van der Waals surface area (Å²) in [6, 6.07) is 11.5. The number of thioether (sulfide) groups is 1. The molecule has 2 aromatic heterocycles. The minimum Gasteiger partial charge on any atom is -0.292 e. The average molecular weight is 326 g/mol. The molecule has 2 heterocycles. The molecule has 3 rings (SSSR count). The van der Waals surface area contributed by atoms with Gasteiger partial charge in [-0.3, -0.25) is 4.79 Å². The molecular formula is C13H8ClNOS3. The molecule has 0 amide bonds. The van der Waals surface area contributed by atoms with Crippen LogP contribution in [0.5, 0.6) is 0 Å². The van der Waals surface area contributed by atoms with E-state index in [2.05, 4.69) is 4.98 Å². The molecule has 0 spiro atoms. The van der Waals surface area contributed by atoms with E-state index >= 15 is 0 Å². The Labute approximate surface area is 127 Å². The largest absolute Gasteiger partial charge is 0.292 e. The van der Waals surface area contributed by atoms with Crippen LogP contribution in [-0.4, -0.2) is 16.5 Å². The number of ketones is 1. The lowest BCUT2D eigenvalue weighted by Crippen LogP contribution is -1.98. The smallest absolute Gasteiger partial charge is 0.183 e. The minimum absolute atomic E-state index is 0.0983. The Balaban J connectivity index is 1.70. The summed E-state index contributed by atoms with van der Waals surface area (Å²) in [6.07, 6.45) is 0. The van der Waals surface area contributed by atoms with E-state index < -0.39 is 0 Å². The van der Waals surface area contributed by atoms with Gasteiger partial charge in [-0.05, 0) is 24.3 Å². The summed E-state index contributed by atoms with van der Waals surface area (Å²) in [7, 11) is 0. The third-order valence-electron chi connectivity index (χ3n) is 2.45. The minimum atomic E-state index is 0.0983. The molecule has 0 aliphatic heterocycles. The molecule has 0 bridgehead atoms. The van der Waals surface area contributed by atoms with Crippen molar-refractivity contribution >= 4 is 62.0 Å². The van der Waals surface area contributed by atoms with E-state index in [0.717, 1.165) is 14.6 Å². The summed E-state index contributed by atoms with van der Waals surface area (Å²) < 4.78 is 2.72. The molecular weight excluding hydrogens is 318 g/mol. The molecule has 1 aromatic carbocycles. The number of hydrogen-bond donors (Lipinski definition) is 0. The van der Waals surface area contributed by atoms with Crippen LogP contribution in [0.4, 0.5) is 0 Å². The van der Waals surface area contributed by atoms with E-state index in [1.54, 1.807) is 23.5 Å². The second-order valence-electron chi connectivity index (χ2n) is 3.76. The van der Waals surface area contributed by atoms with Gasteiger partial charge < -0.3 is 0 Å². The highest BCUT2D eigenvalue weighted by Gasteiger charge is 2.11. The zero-order chi connectivity index (χ0) is 13.2. The predicted molar refractivity (Wildman–Crippen MR) is 84.0 cm³/mol. The molecule has 0 atom stereocenters. The van der Waals surface area contributed by atoms with E-state index in [-0.39, 0.29) is 5.78 Å². The first-order chi connectivity index (χ1) is 9.22. The number of thiazole rings is 1. The molecule has 3 aromatic rings. The van der Waals surface area contributed by atoms with Crippen molar-refractivity contribution < 1.29 is 4.79 Å². The summed E-state index contributed by atoms with van der Waals surface area (Å²) in [5.74, 6) is 0.498. The quantitative estimate of drug-likeness (QED) is 0.500. The van der Waals surface area contributed by atoms with Gasteiger partial charge >= 0.3 is 0 Å². The fraction of sp³-hybridized carbons (Fsp3) is 0.0769. The number of carbonyl (C=O) groups is 1. The summed E-state index contributed by atoms with van der Waals surface area (Å²) in [4.78, 5) is 17.2. The third kappa shape index (κ3) is 3.00. The lowest BCUT2D eigenvalue weighted by molar-refractivity contribution is 0.102. The van der Waals surface area contributed by atoms with Gasteiger partial charge in [0.05, 0.1) is 25.2 Å². The van der Waals surface area contributed by atoms with E-state index in [1.165, 1.54) is 23.1 Å². The van der Waals surface area contributed by atoms with Crippen molar-refractivity contribution in [3.05, 3.63) is 45.6 Å². The Kier molecular flexibility index (Phi) is 3.88. The van der Waals surface area contributed by atoms with Crippen molar-refractivity contribution in [1.82, 2.24) is 4.98 Å². The number of nitrogens with zero attached hydrogens (tertiary/aromatic N) is 1. The van der Waals surface area contributed by atoms with Crippen LogP contribution in [-0.2, 0) is 0 Å². The SMILES string of the molecule is O=C(CSc1nc2ccccc2s1)c1ccc(Cl)s1. The topological polar surface area (TPSA) is 30.0 Å². The molecule has 6 heteroatoms. The molecule has 0 N–H and O–H groups in total. The van der Waals surface area contributed by atoms with Crippen LogP contribution < -0.4 is 0 Å². The number of para-hydroxylation sites is 1. The van der Waals surface area contributed by atoms with Crippen molar-refractivity contribution in [3.63, 3.8) is 0 Å². The highest BCUT2D eigenvalue weighted by Crippen LogP contribution is 2.30. The van der Waals surface area contributed by atoms with Crippen LogP contribution in [0.1, 0.15) is 9.67 Å². The molecule has 0 saturated carbocycles. The van der Waals surface area contributed by atoms with Crippen LogP contribution in [0.25, 0.3) is 10.2 Å². The van der Waals surface area contributed by atoms with Gasteiger partial charge in [0.15, 0.2) is 10.1 Å². The molecule has 0 fully saturated rings. The number of fused-ring (bicyclic) bond motifs is 1. The maximum atomic E-state index is 12.0. The summed E-state index contributed by atoms with van der Waals surface area (Å²) in [5.41, 5.74) is 0.988. The number of benzene rings is 1. The number of Topliss-reactive ketones (excluding diaryl/α,β-unsaturated/α-hetero) is 1. The first-order valence-corrected chi connectivity index (χ1v) is 8.49. The molecule has 0 aliphatic carbocycles. The Morgan fingerprint density at radius 3 is 2.79 bits per heavy atom. The molecule has 0 saturated heterocycles. The van der Waals surface area contributed by atoms with Gasteiger partial charge in [-0.1, -0.05) is 35.5 Å². The number of halogens is 1. The summed E-state index contributed by atoms with van der Waals surface area (Å²) in [5, 5.41) is 0. The monoisotopic (exact) mass is 325 g/mol. The van der Waals surface area contributed by atoms with Crippen molar-refractivity contribution in [1.29, 1.82) is 0 Å². The van der Waals surface area contributed by atoms with Crippen molar-refractivity contribution in [2.45, 2.75) is 4.34 Å². The number of thiophene rings is 1. The van der Waals surface area contributed by atoms with Gasteiger partial charge in [-0.15, -0.1) is 22.7 Å². The van der Waals surface area contributed by atoms with E-state index in [1.807, 2.05) is 24.3 Å². The van der Waals surface area contributed by atoms with Crippen LogP contribution in [0, 0.1) is 0 Å². The lowest BCUT2D eigenvalue weighted by Gasteiger charge is -1.94. The fourth-order valence-electron chi connectivity index (χ4n) is 1.58. The fourth-order valence-corrected chi connectivity index (χ4v) is 4.60. The van der Waals surface area contributed by atoms with Gasteiger partial charge in [0, 0.05) is 0 Å². The Morgan fingerprint density at radius 2 is 2.05 bits per heavy atom. The van der Waals surface area contributed by atoms with E-state index in [0.29, 0.717) is 15.0 Å². The van der Waals surface area contributed by atoms with Crippen LogP contribution in [0.15, 0.2) is 40.7 Å². The highest BCUT2D eigenvalue weighted by atomic mass is 35.5. The molecule has 19 heavy (non-hydrogen) atoms. The van der Waals surface area contributed by atoms with Gasteiger partial charge in [0.25, 0.3) is 0 Å². The van der Waals surface area contributed by atoms with E-state index in [9.17, 15) is 4.79 Å². The van der Waals surface area contributed by atoms with Gasteiger partial charge in [0.2, 0.25) is 0 Å². The Bertz CT molecular complexity index is 701. The van der Waals surface area contributed by atoms with Gasteiger partial charge in [-0.2, -0.15) is 0 Å².